The van der Waals surface area contributed by atoms with Gasteiger partial charge < -0.3 is 14.3 Å². The molecule has 0 N–H and O–H groups in total. The number of amides is 1. The summed E-state index contributed by atoms with van der Waals surface area (Å²) in [6, 6.07) is 10.1. The van der Waals surface area contributed by atoms with Crippen LogP contribution < -0.4 is 4.90 Å². The topological polar surface area (TPSA) is 101 Å². The van der Waals surface area contributed by atoms with Gasteiger partial charge in [-0.1, -0.05) is 25.1 Å². The summed E-state index contributed by atoms with van der Waals surface area (Å²) in [7, 11) is 1.78. The van der Waals surface area contributed by atoms with Crippen molar-refractivity contribution in [3.8, 4) is 11.4 Å². The maximum Gasteiger partial charge on any atom is 0.246 e. The van der Waals surface area contributed by atoms with Crippen LogP contribution in [0.3, 0.4) is 0 Å². The predicted octanol–water partition coefficient (Wildman–Crippen LogP) is 4.38. The number of aryl methyl sites for hydroxylation is 1. The van der Waals surface area contributed by atoms with Crippen LogP contribution in [0.1, 0.15) is 49.8 Å². The van der Waals surface area contributed by atoms with E-state index in [4.69, 9.17) is 14.5 Å². The quantitative estimate of drug-likeness (QED) is 0.397. The van der Waals surface area contributed by atoms with Gasteiger partial charge in [0.2, 0.25) is 23.6 Å². The second-order valence-corrected chi connectivity index (χ2v) is 9.74. The van der Waals surface area contributed by atoms with Gasteiger partial charge in [-0.05, 0) is 55.5 Å². The average Bonchev–Trinajstić information content (AvgIpc) is 3.37. The number of carbonyl (C=O) groups is 1. The van der Waals surface area contributed by atoms with Gasteiger partial charge in [0.25, 0.3) is 0 Å². The lowest BCUT2D eigenvalue weighted by Crippen LogP contribution is -2.41. The van der Waals surface area contributed by atoms with Gasteiger partial charge in [0.05, 0.1) is 17.8 Å². The van der Waals surface area contributed by atoms with E-state index in [0.29, 0.717) is 17.6 Å². The fraction of sp³-hybridized carbons (Fsp3) is 0.407. The third kappa shape index (κ3) is 4.91. The molecule has 9 heteroatoms. The van der Waals surface area contributed by atoms with Crippen LogP contribution in [0.5, 0.6) is 0 Å². The van der Waals surface area contributed by atoms with Crippen LogP contribution in [0.15, 0.2) is 47.2 Å². The number of rotatable bonds is 6. The minimum absolute atomic E-state index is 0.0519. The Bertz CT molecular complexity index is 1360. The lowest BCUT2D eigenvalue weighted by Gasteiger charge is -2.33. The van der Waals surface area contributed by atoms with Crippen LogP contribution in [-0.2, 0) is 11.3 Å². The number of fused-ring (bicyclic) bond motifs is 1. The lowest BCUT2D eigenvalue weighted by molar-refractivity contribution is -0.135. The standard InChI is InChI=1S/C27H31N7O2/c1-17(2)21-5-6-23-22(15-21)18(3)29-27(30-23)34-13-9-20(10-14-34)26(35)33(4)16-24-31-25(32-36-24)19-7-11-28-12-8-19/h5-8,11-12,15,17,20H,9-10,13-14,16H2,1-4H3. The van der Waals surface area contributed by atoms with Gasteiger partial charge in [-0.15, -0.1) is 0 Å². The van der Waals surface area contributed by atoms with Crippen molar-refractivity contribution in [1.29, 1.82) is 0 Å². The van der Waals surface area contributed by atoms with E-state index in [1.54, 1.807) is 24.3 Å². The number of pyridine rings is 1. The fourth-order valence-electron chi connectivity index (χ4n) is 4.64. The molecule has 4 aromatic rings. The molecule has 3 aromatic heterocycles. The Labute approximate surface area is 210 Å². The first-order valence-corrected chi connectivity index (χ1v) is 12.4. The second-order valence-electron chi connectivity index (χ2n) is 9.74. The highest BCUT2D eigenvalue weighted by Gasteiger charge is 2.29. The fourth-order valence-corrected chi connectivity index (χ4v) is 4.64. The molecule has 1 aliphatic rings. The molecule has 0 unspecified atom stereocenters. The number of hydrogen-bond acceptors (Lipinski definition) is 8. The molecule has 0 radical (unpaired) electrons. The number of carbonyl (C=O) groups excluding carboxylic acids is 1. The van der Waals surface area contributed by atoms with Crippen LogP contribution in [0.4, 0.5) is 5.95 Å². The summed E-state index contributed by atoms with van der Waals surface area (Å²) >= 11 is 0. The monoisotopic (exact) mass is 485 g/mol. The van der Waals surface area contributed by atoms with E-state index in [-0.39, 0.29) is 18.4 Å². The van der Waals surface area contributed by atoms with Gasteiger partial charge in [-0.3, -0.25) is 9.78 Å². The van der Waals surface area contributed by atoms with E-state index < -0.39 is 0 Å². The zero-order valence-corrected chi connectivity index (χ0v) is 21.2. The maximum absolute atomic E-state index is 13.1. The molecular formula is C27H31N7O2. The third-order valence-electron chi connectivity index (χ3n) is 6.85. The van der Waals surface area contributed by atoms with Crippen molar-refractivity contribution < 1.29 is 9.32 Å². The second kappa shape index (κ2) is 10.0. The molecule has 0 atom stereocenters. The van der Waals surface area contributed by atoms with Crippen LogP contribution in [0, 0.1) is 12.8 Å². The van der Waals surface area contributed by atoms with Gasteiger partial charge >= 0.3 is 0 Å². The highest BCUT2D eigenvalue weighted by molar-refractivity contribution is 5.83. The summed E-state index contributed by atoms with van der Waals surface area (Å²) in [6.07, 6.45) is 4.87. The minimum atomic E-state index is -0.0519. The van der Waals surface area contributed by atoms with E-state index >= 15 is 0 Å². The number of hydrogen-bond donors (Lipinski definition) is 0. The minimum Gasteiger partial charge on any atom is -0.341 e. The number of benzene rings is 1. The first kappa shape index (κ1) is 23.8. The molecule has 0 aliphatic carbocycles. The first-order valence-electron chi connectivity index (χ1n) is 12.4. The van der Waals surface area contributed by atoms with Crippen LogP contribution in [0.25, 0.3) is 22.3 Å². The smallest absolute Gasteiger partial charge is 0.246 e. The molecule has 1 amide bonds. The molecule has 9 nitrogen and oxygen atoms in total. The van der Waals surface area contributed by atoms with Crippen LogP contribution >= 0.6 is 0 Å². The SMILES string of the molecule is Cc1nc(N2CCC(C(=O)N(C)Cc3nc(-c4ccncc4)no3)CC2)nc2ccc(C(C)C)cc12. The van der Waals surface area contributed by atoms with Crippen LogP contribution in [0.2, 0.25) is 0 Å². The summed E-state index contributed by atoms with van der Waals surface area (Å²) in [6.45, 7) is 8.19. The lowest BCUT2D eigenvalue weighted by atomic mass is 9.95. The molecule has 186 valence electrons. The Kier molecular flexibility index (Phi) is 6.63. The Morgan fingerprint density at radius 1 is 1.11 bits per heavy atom. The molecule has 1 saturated heterocycles. The number of piperidine rings is 1. The Hall–Kier alpha value is -3.88. The molecule has 0 bridgehead atoms. The van der Waals surface area contributed by atoms with E-state index in [9.17, 15) is 4.79 Å². The van der Waals surface area contributed by atoms with E-state index in [1.807, 2.05) is 19.1 Å². The van der Waals surface area contributed by atoms with Crippen molar-refractivity contribution in [2.45, 2.75) is 46.1 Å². The van der Waals surface area contributed by atoms with Crippen molar-refractivity contribution in [3.05, 3.63) is 59.9 Å². The van der Waals surface area contributed by atoms with Gasteiger partial charge in [0.15, 0.2) is 0 Å². The zero-order valence-electron chi connectivity index (χ0n) is 21.2. The largest absolute Gasteiger partial charge is 0.341 e. The highest BCUT2D eigenvalue weighted by atomic mass is 16.5. The summed E-state index contributed by atoms with van der Waals surface area (Å²) < 4.78 is 5.37. The number of nitrogens with zero attached hydrogens (tertiary/aromatic N) is 7. The molecule has 0 spiro atoms. The number of anilines is 1. The van der Waals surface area contributed by atoms with Gasteiger partial charge in [-0.25, -0.2) is 9.97 Å². The Morgan fingerprint density at radius 3 is 2.58 bits per heavy atom. The predicted molar refractivity (Wildman–Crippen MR) is 137 cm³/mol. The number of aromatic nitrogens is 5. The van der Waals surface area contributed by atoms with Gasteiger partial charge in [0, 0.05) is 49.4 Å². The zero-order chi connectivity index (χ0) is 25.2. The van der Waals surface area contributed by atoms with Gasteiger partial charge in [0.1, 0.15) is 0 Å². The Balaban J connectivity index is 1.20. The van der Waals surface area contributed by atoms with Gasteiger partial charge in [-0.2, -0.15) is 4.98 Å². The summed E-state index contributed by atoms with van der Waals surface area (Å²) in [5.74, 6) is 2.15. The van der Waals surface area contributed by atoms with Crippen molar-refractivity contribution in [1.82, 2.24) is 30.0 Å². The van der Waals surface area contributed by atoms with Crippen molar-refractivity contribution in [3.63, 3.8) is 0 Å². The normalized spacial score (nSPS) is 14.5. The molecule has 1 aliphatic heterocycles. The molecule has 36 heavy (non-hydrogen) atoms. The highest BCUT2D eigenvalue weighted by Crippen LogP contribution is 2.27. The molecule has 1 fully saturated rings. The molecule has 5 rings (SSSR count). The maximum atomic E-state index is 13.1. The van der Waals surface area contributed by atoms with Crippen molar-refractivity contribution in [2.24, 2.45) is 5.92 Å². The Morgan fingerprint density at radius 2 is 1.86 bits per heavy atom. The van der Waals surface area contributed by atoms with Crippen molar-refractivity contribution >= 4 is 22.8 Å². The molecule has 0 saturated carbocycles. The van der Waals surface area contributed by atoms with E-state index in [2.05, 4.69) is 52.1 Å². The summed E-state index contributed by atoms with van der Waals surface area (Å²) in [5.41, 5.74) is 4.07. The molecular weight excluding hydrogens is 454 g/mol. The van der Waals surface area contributed by atoms with E-state index in [0.717, 1.165) is 54.0 Å². The molecule has 1 aromatic carbocycles. The molecule has 4 heterocycles. The van der Waals surface area contributed by atoms with Crippen molar-refractivity contribution in [2.75, 3.05) is 25.0 Å². The third-order valence-corrected chi connectivity index (χ3v) is 6.85. The summed E-state index contributed by atoms with van der Waals surface area (Å²) in [4.78, 5) is 35.0. The first-order chi connectivity index (χ1) is 17.4. The average molecular weight is 486 g/mol. The van der Waals surface area contributed by atoms with E-state index in [1.165, 1.54) is 5.56 Å². The van der Waals surface area contributed by atoms with Crippen LogP contribution in [-0.4, -0.2) is 56.0 Å². The summed E-state index contributed by atoms with van der Waals surface area (Å²) in [5, 5.41) is 5.13.